The largest absolute Gasteiger partial charge is 0.382 e. The van der Waals surface area contributed by atoms with E-state index in [0.29, 0.717) is 25.6 Å². The van der Waals surface area contributed by atoms with Crippen molar-refractivity contribution in [3.8, 4) is 0 Å². The second-order valence-corrected chi connectivity index (χ2v) is 9.26. The lowest BCUT2D eigenvalue weighted by atomic mass is 9.83. The predicted octanol–water partition coefficient (Wildman–Crippen LogP) is 2.82. The van der Waals surface area contributed by atoms with Gasteiger partial charge in [0, 0.05) is 45.9 Å². The average Bonchev–Trinajstić information content (AvgIpc) is 3.10. The van der Waals surface area contributed by atoms with Crippen LogP contribution >= 0.6 is 24.0 Å². The normalized spacial score (nSPS) is 16.8. The van der Waals surface area contributed by atoms with Gasteiger partial charge < -0.3 is 15.4 Å². The molecule has 0 heterocycles. The van der Waals surface area contributed by atoms with Crippen molar-refractivity contribution in [3.05, 3.63) is 0 Å². The third-order valence-electron chi connectivity index (χ3n) is 5.31. The number of aliphatic imine (C=N–C) groups is 1. The average molecular weight is 533 g/mol. The molecule has 0 amide bonds. The predicted molar refractivity (Wildman–Crippen MR) is 128 cm³/mol. The summed E-state index contributed by atoms with van der Waals surface area (Å²) in [5.74, 6) is 0.782. The van der Waals surface area contributed by atoms with Gasteiger partial charge in [-0.3, -0.25) is 4.99 Å². The fourth-order valence-corrected chi connectivity index (χ4v) is 5.08. The number of halogens is 1. The Labute approximate surface area is 189 Å². The van der Waals surface area contributed by atoms with Crippen LogP contribution in [0.25, 0.3) is 0 Å². The molecule has 168 valence electrons. The van der Waals surface area contributed by atoms with E-state index in [2.05, 4.69) is 10.6 Å². The lowest BCUT2D eigenvalue weighted by molar-refractivity contribution is 0.107. The Morgan fingerprint density at radius 1 is 1.11 bits per heavy atom. The van der Waals surface area contributed by atoms with Crippen molar-refractivity contribution in [1.29, 1.82) is 0 Å². The molecular weight excluding hydrogens is 491 g/mol. The summed E-state index contributed by atoms with van der Waals surface area (Å²) in [5, 5.41) is 6.42. The Morgan fingerprint density at radius 3 is 2.29 bits per heavy atom. The van der Waals surface area contributed by atoms with Gasteiger partial charge in [0.25, 0.3) is 0 Å². The zero-order valence-electron chi connectivity index (χ0n) is 18.1. The molecule has 1 aliphatic carbocycles. The van der Waals surface area contributed by atoms with Gasteiger partial charge in [-0.05, 0) is 38.5 Å². The van der Waals surface area contributed by atoms with E-state index in [1.807, 2.05) is 27.7 Å². The minimum Gasteiger partial charge on any atom is -0.382 e. The van der Waals surface area contributed by atoms with Crippen molar-refractivity contribution in [2.24, 2.45) is 10.4 Å². The summed E-state index contributed by atoms with van der Waals surface area (Å²) in [7, 11) is -3.22. The number of hydrogen-bond donors (Lipinski definition) is 2. The van der Waals surface area contributed by atoms with E-state index in [1.54, 1.807) is 0 Å². The molecule has 1 fully saturated rings. The number of nitrogens with one attached hydrogen (secondary N) is 2. The van der Waals surface area contributed by atoms with Crippen molar-refractivity contribution in [2.45, 2.75) is 59.8 Å². The molecule has 0 aromatic rings. The fourth-order valence-electron chi connectivity index (χ4n) is 3.68. The maximum absolute atomic E-state index is 12.3. The summed E-state index contributed by atoms with van der Waals surface area (Å²) in [6.07, 6.45) is 5.94. The van der Waals surface area contributed by atoms with E-state index in [9.17, 15) is 8.42 Å². The highest BCUT2D eigenvalue weighted by atomic mass is 127. The number of rotatable bonds is 13. The molecule has 2 N–H and O–H groups in total. The molecule has 0 spiro atoms. The Balaban J connectivity index is 0.00000729. The van der Waals surface area contributed by atoms with Gasteiger partial charge in [0.2, 0.25) is 10.0 Å². The monoisotopic (exact) mass is 532 g/mol. The number of hydrogen-bond acceptors (Lipinski definition) is 4. The molecule has 1 aliphatic rings. The van der Waals surface area contributed by atoms with Crippen LogP contribution in [0.15, 0.2) is 4.99 Å². The molecule has 0 atom stereocenters. The van der Waals surface area contributed by atoms with Crippen LogP contribution in [0, 0.1) is 5.41 Å². The summed E-state index contributed by atoms with van der Waals surface area (Å²) in [5.41, 5.74) is 0.227. The van der Waals surface area contributed by atoms with Crippen molar-refractivity contribution in [3.63, 3.8) is 0 Å². The zero-order chi connectivity index (χ0) is 20.2. The van der Waals surface area contributed by atoms with Gasteiger partial charge >= 0.3 is 0 Å². The fraction of sp³-hybridized carbons (Fsp3) is 0.947. The molecule has 0 unspecified atom stereocenters. The van der Waals surface area contributed by atoms with Crippen LogP contribution < -0.4 is 10.6 Å². The van der Waals surface area contributed by atoms with Crippen molar-refractivity contribution in [2.75, 3.05) is 51.7 Å². The van der Waals surface area contributed by atoms with Crippen molar-refractivity contribution in [1.82, 2.24) is 14.9 Å². The molecule has 7 nitrogen and oxygen atoms in total. The lowest BCUT2D eigenvalue weighted by Crippen LogP contribution is -2.42. The van der Waals surface area contributed by atoms with Gasteiger partial charge in [-0.15, -0.1) is 24.0 Å². The third kappa shape index (κ3) is 9.58. The highest BCUT2D eigenvalue weighted by molar-refractivity contribution is 14.0. The van der Waals surface area contributed by atoms with Gasteiger partial charge in [-0.25, -0.2) is 12.7 Å². The first-order valence-corrected chi connectivity index (χ1v) is 12.1. The van der Waals surface area contributed by atoms with Crippen LogP contribution in [0.1, 0.15) is 59.8 Å². The Bertz CT molecular complexity index is 533. The van der Waals surface area contributed by atoms with Crippen molar-refractivity contribution >= 4 is 40.0 Å². The molecule has 0 bridgehead atoms. The summed E-state index contributed by atoms with van der Waals surface area (Å²) < 4.78 is 31.7. The molecule has 0 aliphatic heterocycles. The van der Waals surface area contributed by atoms with Crippen LogP contribution in [0.2, 0.25) is 0 Å². The molecular formula is C19H41IN4O3S. The molecule has 0 saturated heterocycles. The number of guanidine groups is 1. The summed E-state index contributed by atoms with van der Waals surface area (Å²) in [6, 6.07) is 0. The van der Waals surface area contributed by atoms with Crippen molar-refractivity contribution < 1.29 is 13.2 Å². The lowest BCUT2D eigenvalue weighted by Gasteiger charge is -2.27. The summed E-state index contributed by atoms with van der Waals surface area (Å²) in [4.78, 5) is 4.78. The second kappa shape index (κ2) is 14.8. The molecule has 0 aromatic heterocycles. The van der Waals surface area contributed by atoms with Crippen LogP contribution in [0.3, 0.4) is 0 Å². The standard InChI is InChI=1S/C19H40N4O3S.HI/c1-5-20-18(21-14-16-27(24,25)23(6-2)7-3)22-17-19(11-9-10-12-19)13-15-26-8-4;/h5-17H2,1-4H3,(H2,20,21,22);1H. The van der Waals surface area contributed by atoms with E-state index in [1.165, 1.54) is 30.0 Å². The number of ether oxygens (including phenoxy) is 1. The highest BCUT2D eigenvalue weighted by Gasteiger charge is 2.33. The van der Waals surface area contributed by atoms with Gasteiger partial charge in [-0.2, -0.15) is 0 Å². The molecule has 0 aromatic carbocycles. The zero-order valence-corrected chi connectivity index (χ0v) is 21.3. The minimum atomic E-state index is -3.22. The molecule has 28 heavy (non-hydrogen) atoms. The topological polar surface area (TPSA) is 83.0 Å². The maximum atomic E-state index is 12.3. The van der Waals surface area contributed by atoms with Crippen LogP contribution in [-0.4, -0.2) is 70.4 Å². The molecule has 9 heteroatoms. The quantitative estimate of drug-likeness (QED) is 0.165. The Hall–Kier alpha value is -0.130. The van der Waals surface area contributed by atoms with E-state index in [4.69, 9.17) is 9.73 Å². The van der Waals surface area contributed by atoms with Crippen LogP contribution in [0.5, 0.6) is 0 Å². The van der Waals surface area contributed by atoms with Gasteiger partial charge in [0.1, 0.15) is 0 Å². The van der Waals surface area contributed by atoms with Gasteiger partial charge in [0.15, 0.2) is 5.96 Å². The SMILES string of the molecule is CCNC(=NCC1(CCOCC)CCCC1)NCCS(=O)(=O)N(CC)CC.I. The minimum absolute atomic E-state index is 0. The van der Waals surface area contributed by atoms with Gasteiger partial charge in [0.05, 0.1) is 5.75 Å². The summed E-state index contributed by atoms with van der Waals surface area (Å²) in [6.45, 7) is 12.2. The highest BCUT2D eigenvalue weighted by Crippen LogP contribution is 2.41. The van der Waals surface area contributed by atoms with E-state index in [-0.39, 0.29) is 35.1 Å². The van der Waals surface area contributed by atoms with E-state index >= 15 is 0 Å². The molecule has 0 radical (unpaired) electrons. The van der Waals surface area contributed by atoms with E-state index < -0.39 is 10.0 Å². The van der Waals surface area contributed by atoms with Crippen LogP contribution in [0.4, 0.5) is 0 Å². The van der Waals surface area contributed by atoms with Crippen LogP contribution in [-0.2, 0) is 14.8 Å². The first kappa shape index (κ1) is 27.9. The van der Waals surface area contributed by atoms with E-state index in [0.717, 1.165) is 32.7 Å². The number of sulfonamides is 1. The smallest absolute Gasteiger partial charge is 0.215 e. The Morgan fingerprint density at radius 2 is 1.75 bits per heavy atom. The third-order valence-corrected chi connectivity index (χ3v) is 7.34. The summed E-state index contributed by atoms with van der Waals surface area (Å²) >= 11 is 0. The first-order valence-electron chi connectivity index (χ1n) is 10.5. The van der Waals surface area contributed by atoms with Gasteiger partial charge in [-0.1, -0.05) is 26.7 Å². The number of nitrogens with zero attached hydrogens (tertiary/aromatic N) is 2. The molecule has 1 saturated carbocycles. The first-order chi connectivity index (χ1) is 12.9. The Kier molecular flexibility index (Phi) is 14.7. The maximum Gasteiger partial charge on any atom is 0.215 e. The second-order valence-electron chi connectivity index (χ2n) is 7.18. The molecule has 1 rings (SSSR count).